The van der Waals surface area contributed by atoms with Gasteiger partial charge in [-0.3, -0.25) is 13.7 Å². The van der Waals surface area contributed by atoms with Gasteiger partial charge in [0.25, 0.3) is 0 Å². The summed E-state index contributed by atoms with van der Waals surface area (Å²) < 4.78 is 6.75. The monoisotopic (exact) mass is 1570 g/mol. The molecule has 6 heterocycles. The van der Waals surface area contributed by atoms with Gasteiger partial charge in [-0.25, -0.2) is 24.9 Å². The largest absolute Gasteiger partial charge is 0.277 e. The first-order valence-corrected chi connectivity index (χ1v) is 41.5. The maximum Gasteiger partial charge on any atom is 0.238 e. The van der Waals surface area contributed by atoms with Crippen molar-refractivity contribution in [3.63, 3.8) is 0 Å². The molecule has 0 radical (unpaired) electrons. The van der Waals surface area contributed by atoms with E-state index in [0.29, 0.717) is 29.5 Å². The van der Waals surface area contributed by atoms with Gasteiger partial charge in [-0.2, -0.15) is 9.97 Å². The maximum absolute atomic E-state index is 5.31. The fourth-order valence-corrected chi connectivity index (χ4v) is 18.7. The highest BCUT2D eigenvalue weighted by Gasteiger charge is 2.35. The standard InChI is InChI=1S/C42H27N3.C41H26N4.C30H19N3/c1-4-15-28(16-5-1)36-27-37(29-17-6-2-7-18-29)44-42(43-36)45-38-26-14-25-34-32-22-11-10-21-31(32)33-23-12-13-24-35(33)40(39(34)38)41(45)30-19-8-3-9-20-30;1-4-15-27(16-5-1)38-37-34-24-13-12-23-32(34)30-21-10-11-22-31(30)33-25-14-26-35(36(33)37)45(38)41-43-39(28-17-6-2-7-18-28)42-40(44-41)29-19-8-3-9-20-29;1-2-10-20(11-3-1)29-28-25-15-7-6-14-23(25)21-12-4-5-13-22(21)24-16-8-17-26(27(24)28)33(29)30-31-18-9-19-32-30/h1-27H;1-26H;1-19H. The first kappa shape index (κ1) is 71.6. The summed E-state index contributed by atoms with van der Waals surface area (Å²) in [4.78, 5) is 35.3. The molecule has 22 aromatic rings. The lowest BCUT2D eigenvalue weighted by Crippen LogP contribution is -2.08. The summed E-state index contributed by atoms with van der Waals surface area (Å²) in [5.41, 5.74) is 37.6. The Labute approximate surface area is 710 Å². The predicted octanol–water partition coefficient (Wildman–Crippen LogP) is 28.3. The third kappa shape index (κ3) is 12.2. The van der Waals surface area contributed by atoms with Crippen molar-refractivity contribution in [3.8, 4) is 197 Å². The van der Waals surface area contributed by atoms with Crippen molar-refractivity contribution in [1.82, 2.24) is 48.6 Å². The zero-order valence-electron chi connectivity index (χ0n) is 66.5. The van der Waals surface area contributed by atoms with E-state index >= 15 is 0 Å². The Kier molecular flexibility index (Phi) is 17.7. The highest BCUT2D eigenvalue weighted by Crippen LogP contribution is 2.57. The van der Waals surface area contributed by atoms with Gasteiger partial charge in [-0.15, -0.1) is 0 Å². The lowest BCUT2D eigenvalue weighted by molar-refractivity contribution is 0.938. The molecule has 0 N–H and O–H groups in total. The molecule has 3 aliphatic rings. The average Bonchev–Trinajstić information content (AvgIpc) is 1.57. The molecule has 0 spiro atoms. The number of hydrogen-bond donors (Lipinski definition) is 0. The van der Waals surface area contributed by atoms with Gasteiger partial charge in [0, 0.05) is 67.5 Å². The van der Waals surface area contributed by atoms with Crippen LogP contribution in [0.15, 0.2) is 437 Å². The zero-order valence-corrected chi connectivity index (χ0v) is 66.5. The molecule has 6 aromatic heterocycles. The molecule has 574 valence electrons. The highest BCUT2D eigenvalue weighted by molar-refractivity contribution is 6.21. The summed E-state index contributed by atoms with van der Waals surface area (Å²) in [7, 11) is 0. The summed E-state index contributed by atoms with van der Waals surface area (Å²) in [6.45, 7) is 0. The summed E-state index contributed by atoms with van der Waals surface area (Å²) in [6, 6.07) is 149. The molecule has 0 unspecified atom stereocenters. The number of hydrogen-bond acceptors (Lipinski definition) is 7. The number of rotatable bonds is 10. The molecule has 0 aliphatic heterocycles. The minimum atomic E-state index is 0.585. The van der Waals surface area contributed by atoms with Crippen LogP contribution in [-0.4, -0.2) is 48.6 Å². The van der Waals surface area contributed by atoms with Crippen LogP contribution in [0.3, 0.4) is 0 Å². The molecule has 0 atom stereocenters. The highest BCUT2D eigenvalue weighted by atomic mass is 15.2. The molecule has 0 bridgehead atoms. The second kappa shape index (κ2) is 30.3. The molecule has 0 saturated carbocycles. The fraction of sp³-hybridized carbons (Fsp3) is 0. The van der Waals surface area contributed by atoms with E-state index in [4.69, 9.17) is 24.9 Å². The molecule has 16 aromatic carbocycles. The second-order valence-electron chi connectivity index (χ2n) is 30.9. The van der Waals surface area contributed by atoms with Gasteiger partial charge in [0.2, 0.25) is 17.8 Å². The molecular formula is C113H72N10. The van der Waals surface area contributed by atoms with Crippen molar-refractivity contribution < 1.29 is 0 Å². The molecule has 0 amide bonds. The van der Waals surface area contributed by atoms with Gasteiger partial charge >= 0.3 is 0 Å². The van der Waals surface area contributed by atoms with E-state index in [-0.39, 0.29) is 0 Å². The minimum Gasteiger partial charge on any atom is -0.277 e. The van der Waals surface area contributed by atoms with Crippen molar-refractivity contribution in [2.45, 2.75) is 0 Å². The van der Waals surface area contributed by atoms with Crippen molar-refractivity contribution in [2.24, 2.45) is 0 Å². The summed E-state index contributed by atoms with van der Waals surface area (Å²) >= 11 is 0. The van der Waals surface area contributed by atoms with Crippen LogP contribution in [0.1, 0.15) is 0 Å². The predicted molar refractivity (Wildman–Crippen MR) is 502 cm³/mol. The quantitative estimate of drug-likeness (QED) is 0.134. The molecule has 10 heteroatoms. The topological polar surface area (TPSA) is 105 Å². The Hall–Kier alpha value is -16.7. The van der Waals surface area contributed by atoms with Crippen LogP contribution >= 0.6 is 0 Å². The SMILES string of the molecule is c1ccc(-c2c3c4c(cccc4n2-c2ncccn2)-c2ccccc2-c2ccccc2-3)cc1.c1ccc(-c2cc(-c3ccccc3)nc(-n3c(-c4ccccc4)c4c5c(cccc53)-c3ccccc3-c3ccccc3-4)n2)cc1.c1ccc(-c2nc(-c3ccccc3)nc(-n3c(-c4ccccc4)c4c5c(cccc53)-c3ccccc3-c3ccccc3-4)n2)cc1. The van der Waals surface area contributed by atoms with Crippen molar-refractivity contribution in [2.75, 3.05) is 0 Å². The molecule has 25 rings (SSSR count). The molecule has 0 saturated heterocycles. The van der Waals surface area contributed by atoms with Crippen molar-refractivity contribution >= 4 is 32.7 Å². The van der Waals surface area contributed by atoms with E-state index in [0.717, 1.165) is 84.0 Å². The first-order valence-electron chi connectivity index (χ1n) is 41.5. The van der Waals surface area contributed by atoms with Gasteiger partial charge in [-0.05, 0) is 130 Å². The smallest absolute Gasteiger partial charge is 0.238 e. The third-order valence-electron chi connectivity index (χ3n) is 23.9. The number of benzene rings is 16. The van der Waals surface area contributed by atoms with Gasteiger partial charge in [0.1, 0.15) is 0 Å². The van der Waals surface area contributed by atoms with E-state index < -0.39 is 0 Å². The third-order valence-corrected chi connectivity index (χ3v) is 23.9. The van der Waals surface area contributed by atoms with E-state index in [1.54, 1.807) is 0 Å². The Morgan fingerprint density at radius 1 is 0.163 bits per heavy atom. The summed E-state index contributed by atoms with van der Waals surface area (Å²) in [5, 5.41) is 3.64. The summed E-state index contributed by atoms with van der Waals surface area (Å²) in [6.07, 6.45) is 3.61. The van der Waals surface area contributed by atoms with Crippen LogP contribution in [0.4, 0.5) is 0 Å². The van der Waals surface area contributed by atoms with E-state index in [2.05, 4.69) is 394 Å². The zero-order chi connectivity index (χ0) is 81.3. The minimum absolute atomic E-state index is 0.585. The normalized spacial score (nSPS) is 11.6. The van der Waals surface area contributed by atoms with Crippen LogP contribution in [-0.2, 0) is 0 Å². The summed E-state index contributed by atoms with van der Waals surface area (Å²) in [5.74, 6) is 3.18. The average molecular weight is 1570 g/mol. The van der Waals surface area contributed by atoms with E-state index in [1.807, 2.05) is 67.0 Å². The van der Waals surface area contributed by atoms with E-state index in [9.17, 15) is 0 Å². The van der Waals surface area contributed by atoms with Crippen molar-refractivity contribution in [3.05, 3.63) is 437 Å². The molecule has 0 fully saturated rings. The van der Waals surface area contributed by atoms with Gasteiger partial charge in [0.15, 0.2) is 11.6 Å². The Bertz CT molecular complexity index is 7370. The maximum atomic E-state index is 5.31. The number of aromatic nitrogens is 10. The fourth-order valence-electron chi connectivity index (χ4n) is 18.7. The van der Waals surface area contributed by atoms with Gasteiger partial charge in [0.05, 0.1) is 45.0 Å². The van der Waals surface area contributed by atoms with Crippen LogP contribution in [0.2, 0.25) is 0 Å². The van der Waals surface area contributed by atoms with Crippen LogP contribution < -0.4 is 0 Å². The molecule has 123 heavy (non-hydrogen) atoms. The molecular weight excluding hydrogens is 1500 g/mol. The lowest BCUT2D eigenvalue weighted by Gasteiger charge is -2.16. The van der Waals surface area contributed by atoms with Gasteiger partial charge in [-0.1, -0.05) is 394 Å². The van der Waals surface area contributed by atoms with Gasteiger partial charge < -0.3 is 0 Å². The molecule has 3 aliphatic carbocycles. The Morgan fingerprint density at radius 3 is 0.691 bits per heavy atom. The first-order chi connectivity index (χ1) is 61.1. The van der Waals surface area contributed by atoms with Crippen LogP contribution in [0.25, 0.3) is 230 Å². The van der Waals surface area contributed by atoms with E-state index in [1.165, 1.54) is 116 Å². The Balaban J connectivity index is 0.000000108. The van der Waals surface area contributed by atoms with Crippen LogP contribution in [0.5, 0.6) is 0 Å². The van der Waals surface area contributed by atoms with Crippen molar-refractivity contribution in [1.29, 1.82) is 0 Å². The number of nitrogens with zero attached hydrogens (tertiary/aromatic N) is 10. The number of fused-ring (bicyclic) bond motifs is 15. The lowest BCUT2D eigenvalue weighted by atomic mass is 9.93. The van der Waals surface area contributed by atoms with Crippen LogP contribution in [0, 0.1) is 0 Å². The second-order valence-corrected chi connectivity index (χ2v) is 30.9. The Morgan fingerprint density at radius 2 is 0.390 bits per heavy atom. The molecule has 10 nitrogen and oxygen atoms in total.